The van der Waals surface area contributed by atoms with Crippen molar-refractivity contribution in [1.29, 1.82) is 0 Å². The van der Waals surface area contributed by atoms with E-state index < -0.39 is 47.3 Å². The topological polar surface area (TPSA) is 96.8 Å². The van der Waals surface area contributed by atoms with E-state index >= 15 is 0 Å². The second-order valence-corrected chi connectivity index (χ2v) is 14.7. The van der Waals surface area contributed by atoms with Crippen LogP contribution in [0.4, 0.5) is 13.2 Å². The largest absolute Gasteiger partial charge is 0.496 e. The quantitative estimate of drug-likeness (QED) is 0.143. The standard InChI is InChI=1S/C35H47F3N2O4S/c1-7-8-9-10-21-11-14-24(27(17-21)42-6)29-18-22-12-13-23(19-28(22)45-29)43-25-15-16-26(31(25)35(36,37)38)44-32(41)34(4,5)30(39)20-33(2,3)40/h11-14,17-19,25-26,30-31H,7-10,15-16,20,39-40H2,1-6H3. The maximum absolute atomic E-state index is 14.4. The molecule has 45 heavy (non-hydrogen) atoms. The Morgan fingerprint density at radius 2 is 1.73 bits per heavy atom. The Kier molecular flexibility index (Phi) is 10.8. The highest BCUT2D eigenvalue weighted by Crippen LogP contribution is 2.45. The fourth-order valence-corrected chi connectivity index (χ4v) is 7.06. The van der Waals surface area contributed by atoms with Crippen LogP contribution in [0.1, 0.15) is 78.7 Å². The van der Waals surface area contributed by atoms with Crippen molar-refractivity contribution in [3.63, 3.8) is 0 Å². The number of esters is 1. The van der Waals surface area contributed by atoms with Crippen LogP contribution in [0.15, 0.2) is 42.5 Å². The van der Waals surface area contributed by atoms with Crippen LogP contribution in [0.3, 0.4) is 0 Å². The van der Waals surface area contributed by atoms with Crippen molar-refractivity contribution < 1.29 is 32.2 Å². The molecule has 0 saturated heterocycles. The Morgan fingerprint density at radius 1 is 1.02 bits per heavy atom. The van der Waals surface area contributed by atoms with Crippen molar-refractivity contribution in [2.24, 2.45) is 22.8 Å². The molecule has 0 bridgehead atoms. The third-order valence-electron chi connectivity index (χ3n) is 8.75. The zero-order chi connectivity index (χ0) is 33.2. The molecule has 1 aliphatic carbocycles. The molecule has 0 radical (unpaired) electrons. The molecule has 4 unspecified atom stereocenters. The summed E-state index contributed by atoms with van der Waals surface area (Å²) in [5.41, 5.74) is 12.7. The minimum Gasteiger partial charge on any atom is -0.496 e. The predicted octanol–water partition coefficient (Wildman–Crippen LogP) is 8.42. The third-order valence-corrected chi connectivity index (χ3v) is 9.88. The Hall–Kier alpha value is -2.82. The van der Waals surface area contributed by atoms with Gasteiger partial charge in [0, 0.05) is 26.7 Å². The Bertz CT molecular complexity index is 1460. The minimum atomic E-state index is -4.63. The van der Waals surface area contributed by atoms with E-state index in [1.54, 1.807) is 46.9 Å². The molecule has 4 N–H and O–H groups in total. The summed E-state index contributed by atoms with van der Waals surface area (Å²) < 4.78 is 61.3. The van der Waals surface area contributed by atoms with E-state index in [2.05, 4.69) is 31.2 Å². The van der Waals surface area contributed by atoms with Crippen LogP contribution in [0, 0.1) is 11.3 Å². The first-order chi connectivity index (χ1) is 21.0. The molecule has 10 heteroatoms. The number of benzene rings is 2. The maximum atomic E-state index is 14.4. The predicted molar refractivity (Wildman–Crippen MR) is 175 cm³/mol. The summed E-state index contributed by atoms with van der Waals surface area (Å²) in [4.78, 5) is 14.1. The van der Waals surface area contributed by atoms with E-state index in [1.807, 2.05) is 6.07 Å². The number of methoxy groups -OCH3 is 1. The summed E-state index contributed by atoms with van der Waals surface area (Å²) in [5, 5.41) is 0.959. The second-order valence-electron chi connectivity index (χ2n) is 13.6. The average Bonchev–Trinajstić information content (AvgIpc) is 3.55. The fourth-order valence-electron chi connectivity index (χ4n) is 5.94. The van der Waals surface area contributed by atoms with Crippen LogP contribution in [0.2, 0.25) is 0 Å². The van der Waals surface area contributed by atoms with Gasteiger partial charge in [0.15, 0.2) is 0 Å². The molecule has 1 saturated carbocycles. The van der Waals surface area contributed by atoms with Crippen LogP contribution in [-0.4, -0.2) is 43.0 Å². The van der Waals surface area contributed by atoms with Crippen LogP contribution < -0.4 is 20.9 Å². The highest BCUT2D eigenvalue weighted by atomic mass is 32.1. The molecule has 248 valence electrons. The van der Waals surface area contributed by atoms with Crippen molar-refractivity contribution in [1.82, 2.24) is 0 Å². The highest BCUT2D eigenvalue weighted by Gasteiger charge is 2.56. The van der Waals surface area contributed by atoms with E-state index in [-0.39, 0.29) is 12.8 Å². The first-order valence-electron chi connectivity index (χ1n) is 15.7. The van der Waals surface area contributed by atoms with Crippen molar-refractivity contribution in [3.8, 4) is 21.9 Å². The van der Waals surface area contributed by atoms with E-state index in [1.165, 1.54) is 23.3 Å². The highest BCUT2D eigenvalue weighted by molar-refractivity contribution is 7.22. The minimum absolute atomic E-state index is 0.0356. The van der Waals surface area contributed by atoms with Crippen molar-refractivity contribution in [2.45, 2.75) is 110 Å². The molecule has 0 amide bonds. The summed E-state index contributed by atoms with van der Waals surface area (Å²) >= 11 is 1.53. The number of ether oxygens (including phenoxy) is 3. The van der Waals surface area contributed by atoms with Crippen LogP contribution in [0.5, 0.6) is 11.5 Å². The smallest absolute Gasteiger partial charge is 0.398 e. The van der Waals surface area contributed by atoms with Crippen molar-refractivity contribution >= 4 is 27.4 Å². The van der Waals surface area contributed by atoms with Gasteiger partial charge in [0.1, 0.15) is 29.6 Å². The number of fused-ring (bicyclic) bond motifs is 1. The lowest BCUT2D eigenvalue weighted by atomic mass is 9.79. The van der Waals surface area contributed by atoms with Crippen LogP contribution in [-0.2, 0) is 16.0 Å². The van der Waals surface area contributed by atoms with Crippen molar-refractivity contribution in [3.05, 3.63) is 48.0 Å². The van der Waals surface area contributed by atoms with Crippen LogP contribution >= 0.6 is 11.3 Å². The van der Waals surface area contributed by atoms with Gasteiger partial charge in [0.05, 0.1) is 12.5 Å². The lowest BCUT2D eigenvalue weighted by Crippen LogP contribution is -2.51. The van der Waals surface area contributed by atoms with Gasteiger partial charge in [-0.3, -0.25) is 4.79 Å². The molecule has 1 aromatic heterocycles. The summed E-state index contributed by atoms with van der Waals surface area (Å²) in [7, 11) is 1.66. The number of unbranched alkanes of at least 4 members (excludes halogenated alkanes) is 2. The molecule has 2 aromatic carbocycles. The van der Waals surface area contributed by atoms with Gasteiger partial charge in [-0.05, 0) is 107 Å². The molecule has 4 atom stereocenters. The summed E-state index contributed by atoms with van der Waals surface area (Å²) in [6.07, 6.45) is -2.28. The first-order valence-corrected chi connectivity index (χ1v) is 16.5. The Morgan fingerprint density at radius 3 is 2.38 bits per heavy atom. The molecule has 4 rings (SSSR count). The molecule has 1 heterocycles. The van der Waals surface area contributed by atoms with Gasteiger partial charge in [0.2, 0.25) is 0 Å². The first kappa shape index (κ1) is 35.0. The van der Waals surface area contributed by atoms with Gasteiger partial charge >= 0.3 is 12.1 Å². The number of halogens is 3. The average molecular weight is 649 g/mol. The molecular formula is C35H47F3N2O4S. The normalized spacial score (nSPS) is 19.9. The zero-order valence-electron chi connectivity index (χ0n) is 27.1. The number of carbonyl (C=O) groups is 1. The number of aryl methyl sites for hydroxylation is 1. The van der Waals surface area contributed by atoms with E-state index in [0.717, 1.165) is 45.5 Å². The third kappa shape index (κ3) is 8.51. The molecule has 0 aliphatic heterocycles. The number of nitrogens with two attached hydrogens (primary N) is 2. The Labute approximate surface area is 268 Å². The molecule has 1 aliphatic rings. The molecule has 1 fully saturated rings. The number of carbonyl (C=O) groups excluding carboxylic acids is 1. The van der Waals surface area contributed by atoms with Gasteiger partial charge in [0.25, 0.3) is 0 Å². The second kappa shape index (κ2) is 13.9. The number of hydrogen-bond acceptors (Lipinski definition) is 7. The Balaban J connectivity index is 1.50. The summed E-state index contributed by atoms with van der Waals surface area (Å²) in [5.74, 6) is -1.60. The van der Waals surface area contributed by atoms with E-state index in [9.17, 15) is 18.0 Å². The van der Waals surface area contributed by atoms with Gasteiger partial charge in [-0.25, -0.2) is 0 Å². The van der Waals surface area contributed by atoms with E-state index in [0.29, 0.717) is 12.2 Å². The fraction of sp³-hybridized carbons (Fsp3) is 0.571. The zero-order valence-corrected chi connectivity index (χ0v) is 27.9. The molecular weight excluding hydrogens is 601 g/mol. The van der Waals surface area contributed by atoms with Gasteiger partial charge < -0.3 is 25.7 Å². The maximum Gasteiger partial charge on any atom is 0.398 e. The number of rotatable bonds is 13. The molecule has 6 nitrogen and oxygen atoms in total. The lowest BCUT2D eigenvalue weighted by molar-refractivity contribution is -0.218. The molecule has 3 aromatic rings. The number of alkyl halides is 3. The van der Waals surface area contributed by atoms with Gasteiger partial charge in [-0.15, -0.1) is 11.3 Å². The number of hydrogen-bond donors (Lipinski definition) is 2. The molecule has 0 spiro atoms. The van der Waals surface area contributed by atoms with Crippen LogP contribution in [0.25, 0.3) is 20.5 Å². The SMILES string of the molecule is CCCCCc1ccc(-c2cc3ccc(OC4CCC(OC(=O)C(C)(C)C(N)CC(C)(C)N)C4C(F)(F)F)cc3s2)c(OC)c1. The monoisotopic (exact) mass is 648 g/mol. The lowest BCUT2D eigenvalue weighted by Gasteiger charge is -2.35. The summed E-state index contributed by atoms with van der Waals surface area (Å²) in [6.45, 7) is 8.91. The summed E-state index contributed by atoms with van der Waals surface area (Å²) in [6, 6.07) is 13.0. The van der Waals surface area contributed by atoms with E-state index in [4.69, 9.17) is 25.7 Å². The number of thiophene rings is 1. The van der Waals surface area contributed by atoms with Crippen molar-refractivity contribution in [2.75, 3.05) is 7.11 Å². The van der Waals surface area contributed by atoms with Gasteiger partial charge in [-0.2, -0.15) is 13.2 Å². The van der Waals surface area contributed by atoms with Gasteiger partial charge in [-0.1, -0.05) is 25.8 Å².